The molecule has 0 unspecified atom stereocenters. The summed E-state index contributed by atoms with van der Waals surface area (Å²) in [7, 11) is 0. The molecule has 36 heavy (non-hydrogen) atoms. The molecule has 2 nitrogen and oxygen atoms in total. The van der Waals surface area contributed by atoms with Gasteiger partial charge in [0.05, 0.1) is 13.2 Å². The summed E-state index contributed by atoms with van der Waals surface area (Å²) in [6.45, 7) is 10.2. The Labute approximate surface area is 226 Å². The zero-order valence-electron chi connectivity index (χ0n) is 24.4. The molecule has 0 aliphatic rings. The molecule has 1 aromatic rings. The van der Waals surface area contributed by atoms with Crippen LogP contribution >= 0.6 is 0 Å². The first-order chi connectivity index (χ1) is 17.8. The standard InChI is InChI=1S/C34H61O2/c1-4-7-10-12-14-16-18-20-22-24-27-35-33-29-32(26-9-6-3)30-34(31-33)36-28-25-23-21-19-17-15-13-11-8-5-2/h29-31H,3-28H2,1-2H3. The number of ether oxygens (including phenoxy) is 2. The Morgan fingerprint density at radius 3 is 1.19 bits per heavy atom. The maximum Gasteiger partial charge on any atom is 0.123 e. The second-order valence-corrected chi connectivity index (χ2v) is 10.8. The van der Waals surface area contributed by atoms with Crippen LogP contribution < -0.4 is 9.47 Å². The Kier molecular flexibility index (Phi) is 23.2. The van der Waals surface area contributed by atoms with Gasteiger partial charge in [-0.05, 0) is 43.4 Å². The molecule has 2 heteroatoms. The minimum atomic E-state index is 0.813. The Bertz CT molecular complexity index is 538. The van der Waals surface area contributed by atoms with Gasteiger partial charge < -0.3 is 9.47 Å². The number of unbranched alkanes of at least 4 members (excludes halogenated alkanes) is 19. The zero-order valence-corrected chi connectivity index (χ0v) is 24.4. The summed E-state index contributed by atoms with van der Waals surface area (Å²) in [5.41, 5.74) is 1.32. The normalized spacial score (nSPS) is 11.2. The van der Waals surface area contributed by atoms with Gasteiger partial charge in [-0.1, -0.05) is 143 Å². The Morgan fingerprint density at radius 2 is 0.833 bits per heavy atom. The van der Waals surface area contributed by atoms with Crippen molar-refractivity contribution in [3.63, 3.8) is 0 Å². The molecule has 209 valence electrons. The molecule has 0 aliphatic carbocycles. The largest absolute Gasteiger partial charge is 0.493 e. The highest BCUT2D eigenvalue weighted by Crippen LogP contribution is 2.25. The summed E-state index contributed by atoms with van der Waals surface area (Å²) < 4.78 is 12.3. The van der Waals surface area contributed by atoms with E-state index < -0.39 is 0 Å². The highest BCUT2D eigenvalue weighted by Gasteiger charge is 2.05. The van der Waals surface area contributed by atoms with E-state index in [0.29, 0.717) is 0 Å². The smallest absolute Gasteiger partial charge is 0.123 e. The molecular weight excluding hydrogens is 440 g/mol. The van der Waals surface area contributed by atoms with Crippen LogP contribution in [0.15, 0.2) is 18.2 Å². The third-order valence-corrected chi connectivity index (χ3v) is 7.19. The average molecular weight is 502 g/mol. The van der Waals surface area contributed by atoms with Crippen molar-refractivity contribution in [1.29, 1.82) is 0 Å². The van der Waals surface area contributed by atoms with Gasteiger partial charge in [0.2, 0.25) is 0 Å². The number of hydrogen-bond donors (Lipinski definition) is 0. The SMILES string of the molecule is [CH2]CCCc1cc(OCCCCCCCCCCCC)cc(OCCCCCCCCCCCC)c1. The Balaban J connectivity index is 2.21. The second kappa shape index (κ2) is 25.5. The van der Waals surface area contributed by atoms with Crippen LogP contribution in [0.4, 0.5) is 0 Å². The number of benzene rings is 1. The van der Waals surface area contributed by atoms with Gasteiger partial charge in [0, 0.05) is 6.07 Å². The lowest BCUT2D eigenvalue weighted by Crippen LogP contribution is -2.01. The fourth-order valence-corrected chi connectivity index (χ4v) is 4.83. The van der Waals surface area contributed by atoms with Crippen LogP contribution in [-0.4, -0.2) is 13.2 Å². The van der Waals surface area contributed by atoms with Crippen LogP contribution in [0.5, 0.6) is 11.5 Å². The molecule has 0 saturated carbocycles. The minimum absolute atomic E-state index is 0.813. The van der Waals surface area contributed by atoms with Crippen molar-refractivity contribution in [2.24, 2.45) is 0 Å². The molecule has 0 bridgehead atoms. The minimum Gasteiger partial charge on any atom is -0.493 e. The highest BCUT2D eigenvalue weighted by atomic mass is 16.5. The van der Waals surface area contributed by atoms with E-state index in [-0.39, 0.29) is 0 Å². The molecule has 0 saturated heterocycles. The lowest BCUT2D eigenvalue weighted by Gasteiger charge is -2.13. The van der Waals surface area contributed by atoms with Crippen LogP contribution in [0.25, 0.3) is 0 Å². The van der Waals surface area contributed by atoms with E-state index in [0.717, 1.165) is 56.8 Å². The van der Waals surface area contributed by atoms with E-state index in [2.05, 4.69) is 39.0 Å². The Morgan fingerprint density at radius 1 is 0.472 bits per heavy atom. The van der Waals surface area contributed by atoms with Crippen LogP contribution in [0.3, 0.4) is 0 Å². The lowest BCUT2D eigenvalue weighted by atomic mass is 10.1. The first-order valence-corrected chi connectivity index (χ1v) is 16.0. The first-order valence-electron chi connectivity index (χ1n) is 16.0. The molecule has 0 aliphatic heterocycles. The maximum absolute atomic E-state index is 6.15. The van der Waals surface area contributed by atoms with Gasteiger partial charge >= 0.3 is 0 Å². The summed E-state index contributed by atoms with van der Waals surface area (Å²) in [4.78, 5) is 0. The van der Waals surface area contributed by atoms with Crippen molar-refractivity contribution in [2.45, 2.75) is 162 Å². The average Bonchev–Trinajstić information content (AvgIpc) is 2.89. The predicted molar refractivity (Wildman–Crippen MR) is 159 cm³/mol. The molecule has 1 rings (SSSR count). The number of rotatable bonds is 27. The van der Waals surface area contributed by atoms with Crippen LogP contribution in [0.1, 0.15) is 161 Å². The summed E-state index contributed by atoms with van der Waals surface area (Å²) in [6, 6.07) is 6.51. The van der Waals surface area contributed by atoms with E-state index in [1.807, 2.05) is 0 Å². The molecule has 0 heterocycles. The molecule has 0 amide bonds. The fourth-order valence-electron chi connectivity index (χ4n) is 4.83. The quantitative estimate of drug-likeness (QED) is 0.112. The van der Waals surface area contributed by atoms with Gasteiger partial charge in [-0.15, -0.1) is 0 Å². The van der Waals surface area contributed by atoms with Crippen molar-refractivity contribution in [2.75, 3.05) is 13.2 Å². The summed E-state index contributed by atoms with van der Waals surface area (Å²) in [6.07, 6.45) is 30.2. The van der Waals surface area contributed by atoms with Crippen molar-refractivity contribution in [3.8, 4) is 11.5 Å². The summed E-state index contributed by atoms with van der Waals surface area (Å²) in [5, 5.41) is 0. The maximum atomic E-state index is 6.15. The predicted octanol–water partition coefficient (Wildman–Crippen LogP) is 11.4. The molecule has 0 aromatic heterocycles. The van der Waals surface area contributed by atoms with E-state index in [1.165, 1.54) is 121 Å². The zero-order chi connectivity index (χ0) is 25.9. The fraction of sp³-hybridized carbons (Fsp3) is 0.794. The molecule has 0 spiro atoms. The molecular formula is C34H61O2. The highest BCUT2D eigenvalue weighted by molar-refractivity contribution is 5.38. The van der Waals surface area contributed by atoms with Gasteiger partial charge in [0.25, 0.3) is 0 Å². The van der Waals surface area contributed by atoms with E-state index in [1.54, 1.807) is 0 Å². The monoisotopic (exact) mass is 501 g/mol. The van der Waals surface area contributed by atoms with E-state index >= 15 is 0 Å². The van der Waals surface area contributed by atoms with Crippen molar-refractivity contribution < 1.29 is 9.47 Å². The van der Waals surface area contributed by atoms with Gasteiger partial charge in [-0.25, -0.2) is 0 Å². The third-order valence-electron chi connectivity index (χ3n) is 7.19. The van der Waals surface area contributed by atoms with Gasteiger partial charge in [0.1, 0.15) is 11.5 Å². The van der Waals surface area contributed by atoms with Crippen LogP contribution in [-0.2, 0) is 6.42 Å². The molecule has 1 radical (unpaired) electrons. The molecule has 0 fully saturated rings. The van der Waals surface area contributed by atoms with Crippen molar-refractivity contribution in [1.82, 2.24) is 0 Å². The molecule has 0 N–H and O–H groups in total. The van der Waals surface area contributed by atoms with Gasteiger partial charge in [-0.3, -0.25) is 0 Å². The topological polar surface area (TPSA) is 18.5 Å². The van der Waals surface area contributed by atoms with E-state index in [9.17, 15) is 0 Å². The van der Waals surface area contributed by atoms with Crippen LogP contribution in [0, 0.1) is 6.92 Å². The summed E-state index contributed by atoms with van der Waals surface area (Å²) in [5.74, 6) is 1.95. The van der Waals surface area contributed by atoms with E-state index in [4.69, 9.17) is 9.47 Å². The van der Waals surface area contributed by atoms with Gasteiger partial charge in [-0.2, -0.15) is 0 Å². The molecule has 1 aromatic carbocycles. The van der Waals surface area contributed by atoms with Crippen molar-refractivity contribution in [3.05, 3.63) is 30.7 Å². The Hall–Kier alpha value is -1.18. The first kappa shape index (κ1) is 32.8. The number of aryl methyl sites for hydroxylation is 1. The second-order valence-electron chi connectivity index (χ2n) is 10.8. The third kappa shape index (κ3) is 19.9. The van der Waals surface area contributed by atoms with Crippen LogP contribution in [0.2, 0.25) is 0 Å². The lowest BCUT2D eigenvalue weighted by molar-refractivity contribution is 0.289. The summed E-state index contributed by atoms with van der Waals surface area (Å²) >= 11 is 0. The van der Waals surface area contributed by atoms with Crippen molar-refractivity contribution >= 4 is 0 Å². The molecule has 0 atom stereocenters. The van der Waals surface area contributed by atoms with Gasteiger partial charge in [0.15, 0.2) is 0 Å². The number of hydrogen-bond acceptors (Lipinski definition) is 2.